The van der Waals surface area contributed by atoms with Gasteiger partial charge in [-0.2, -0.15) is 0 Å². The van der Waals surface area contributed by atoms with Crippen LogP contribution in [0.15, 0.2) is 18.2 Å². The van der Waals surface area contributed by atoms with Gasteiger partial charge in [0.05, 0.1) is 10.0 Å². The van der Waals surface area contributed by atoms with E-state index >= 15 is 0 Å². The van der Waals surface area contributed by atoms with Crippen molar-refractivity contribution in [2.45, 2.75) is 25.7 Å². The highest BCUT2D eigenvalue weighted by molar-refractivity contribution is 6.42. The highest BCUT2D eigenvalue weighted by Crippen LogP contribution is 2.23. The number of nitrogens with zero attached hydrogens (tertiary/aromatic N) is 1. The molecular weight excluding hydrogens is 331 g/mol. The second kappa shape index (κ2) is 9.52. The van der Waals surface area contributed by atoms with Crippen LogP contribution in [-0.4, -0.2) is 37.0 Å². The van der Waals surface area contributed by atoms with E-state index in [2.05, 4.69) is 5.32 Å². The molecule has 0 radical (unpaired) electrons. The fourth-order valence-corrected chi connectivity index (χ4v) is 2.71. The smallest absolute Gasteiger partial charge is 0.222 e. The lowest BCUT2D eigenvalue weighted by molar-refractivity contribution is -0.131. The van der Waals surface area contributed by atoms with E-state index in [9.17, 15) is 4.79 Å². The number of nitrogens with one attached hydrogen (secondary N) is 1. The van der Waals surface area contributed by atoms with Crippen LogP contribution in [0, 0.1) is 0 Å². The van der Waals surface area contributed by atoms with E-state index in [4.69, 9.17) is 23.2 Å². The minimum atomic E-state index is 0. The molecule has 2 rings (SSSR count). The molecule has 0 saturated carbocycles. The molecule has 0 unspecified atom stereocenters. The minimum absolute atomic E-state index is 0. The molecule has 1 N–H and O–H groups in total. The molecule has 1 aromatic carbocycles. The molecule has 0 aliphatic carbocycles. The first kappa shape index (κ1) is 18.6. The van der Waals surface area contributed by atoms with Gasteiger partial charge < -0.3 is 10.2 Å². The highest BCUT2D eigenvalue weighted by atomic mass is 35.5. The van der Waals surface area contributed by atoms with Gasteiger partial charge in [-0.15, -0.1) is 12.4 Å². The first-order chi connectivity index (χ1) is 9.66. The average Bonchev–Trinajstić information content (AvgIpc) is 2.71. The molecular formula is C15H21Cl3N2O. The largest absolute Gasteiger partial charge is 0.341 e. The van der Waals surface area contributed by atoms with Gasteiger partial charge in [-0.25, -0.2) is 0 Å². The lowest BCUT2D eigenvalue weighted by Crippen LogP contribution is -2.34. The number of carbonyl (C=O) groups excluding carboxylic acids is 1. The van der Waals surface area contributed by atoms with Crippen LogP contribution >= 0.6 is 35.6 Å². The first-order valence-corrected chi connectivity index (χ1v) is 7.85. The zero-order valence-corrected chi connectivity index (χ0v) is 14.2. The van der Waals surface area contributed by atoms with Crippen molar-refractivity contribution in [1.82, 2.24) is 10.2 Å². The van der Waals surface area contributed by atoms with Gasteiger partial charge in [0.1, 0.15) is 0 Å². The molecule has 1 aliphatic heterocycles. The van der Waals surface area contributed by atoms with Gasteiger partial charge in [-0.05, 0) is 43.5 Å². The Balaban J connectivity index is 0.00000220. The third-order valence-corrected chi connectivity index (χ3v) is 4.27. The number of carbonyl (C=O) groups is 1. The summed E-state index contributed by atoms with van der Waals surface area (Å²) in [5, 5.41) is 4.46. The molecule has 0 bridgehead atoms. The van der Waals surface area contributed by atoms with Gasteiger partial charge in [-0.1, -0.05) is 29.3 Å². The van der Waals surface area contributed by atoms with E-state index in [0.29, 0.717) is 16.5 Å². The maximum absolute atomic E-state index is 12.1. The summed E-state index contributed by atoms with van der Waals surface area (Å²) in [7, 11) is 0. The summed E-state index contributed by atoms with van der Waals surface area (Å²) in [6.45, 7) is 3.61. The molecule has 1 heterocycles. The Bertz CT molecular complexity index is 460. The lowest BCUT2D eigenvalue weighted by Gasteiger charge is -2.19. The SMILES string of the molecule is Cl.O=C(CCCc1ccc(Cl)c(Cl)c1)N1CCCNCC1. The lowest BCUT2D eigenvalue weighted by atomic mass is 10.1. The van der Waals surface area contributed by atoms with Gasteiger partial charge in [0.15, 0.2) is 0 Å². The molecule has 21 heavy (non-hydrogen) atoms. The minimum Gasteiger partial charge on any atom is -0.341 e. The number of hydrogen-bond acceptors (Lipinski definition) is 2. The second-order valence-corrected chi connectivity index (χ2v) is 5.90. The van der Waals surface area contributed by atoms with Crippen molar-refractivity contribution >= 4 is 41.5 Å². The Labute approximate surface area is 142 Å². The monoisotopic (exact) mass is 350 g/mol. The Hall–Kier alpha value is -0.480. The summed E-state index contributed by atoms with van der Waals surface area (Å²) in [4.78, 5) is 14.1. The summed E-state index contributed by atoms with van der Waals surface area (Å²) in [5.41, 5.74) is 1.13. The Morgan fingerprint density at radius 3 is 2.76 bits per heavy atom. The van der Waals surface area contributed by atoms with E-state index in [0.717, 1.165) is 51.0 Å². The summed E-state index contributed by atoms with van der Waals surface area (Å²) < 4.78 is 0. The van der Waals surface area contributed by atoms with E-state index < -0.39 is 0 Å². The van der Waals surface area contributed by atoms with Crippen molar-refractivity contribution in [2.24, 2.45) is 0 Å². The van der Waals surface area contributed by atoms with Crippen molar-refractivity contribution < 1.29 is 4.79 Å². The quantitative estimate of drug-likeness (QED) is 0.899. The van der Waals surface area contributed by atoms with Crippen molar-refractivity contribution in [3.8, 4) is 0 Å². The average molecular weight is 352 g/mol. The Morgan fingerprint density at radius 1 is 1.19 bits per heavy atom. The molecule has 3 nitrogen and oxygen atoms in total. The topological polar surface area (TPSA) is 32.3 Å². The number of halogens is 3. The Kier molecular flexibility index (Phi) is 8.42. The number of hydrogen-bond donors (Lipinski definition) is 1. The number of rotatable bonds is 4. The third-order valence-electron chi connectivity index (χ3n) is 3.53. The molecule has 1 aliphatic rings. The second-order valence-electron chi connectivity index (χ2n) is 5.09. The normalized spacial score (nSPS) is 15.2. The van der Waals surface area contributed by atoms with E-state index in [-0.39, 0.29) is 18.3 Å². The maximum atomic E-state index is 12.1. The zero-order chi connectivity index (χ0) is 14.4. The summed E-state index contributed by atoms with van der Waals surface area (Å²) in [5.74, 6) is 0.258. The molecule has 0 aromatic heterocycles. The predicted octanol–water partition coefficient (Wildman–Crippen LogP) is 3.56. The molecule has 6 heteroatoms. The van der Waals surface area contributed by atoms with Crippen molar-refractivity contribution in [3.63, 3.8) is 0 Å². The molecule has 0 spiro atoms. The molecule has 0 atom stereocenters. The van der Waals surface area contributed by atoms with Gasteiger partial charge in [0, 0.05) is 26.1 Å². The van der Waals surface area contributed by atoms with Crippen LogP contribution in [-0.2, 0) is 11.2 Å². The van der Waals surface area contributed by atoms with Crippen LogP contribution in [0.5, 0.6) is 0 Å². The fraction of sp³-hybridized carbons (Fsp3) is 0.533. The van der Waals surface area contributed by atoms with Crippen LogP contribution in [0.25, 0.3) is 0 Å². The van der Waals surface area contributed by atoms with Gasteiger partial charge in [0.25, 0.3) is 0 Å². The zero-order valence-electron chi connectivity index (χ0n) is 11.9. The summed E-state index contributed by atoms with van der Waals surface area (Å²) in [6, 6.07) is 5.65. The van der Waals surface area contributed by atoms with Gasteiger partial charge in [-0.3, -0.25) is 4.79 Å². The van der Waals surface area contributed by atoms with Gasteiger partial charge >= 0.3 is 0 Å². The predicted molar refractivity (Wildman–Crippen MR) is 90.7 cm³/mol. The van der Waals surface area contributed by atoms with E-state index in [1.165, 1.54) is 0 Å². The van der Waals surface area contributed by atoms with Gasteiger partial charge in [0.2, 0.25) is 5.91 Å². The molecule has 1 amide bonds. The molecule has 1 saturated heterocycles. The van der Waals surface area contributed by atoms with E-state index in [1.807, 2.05) is 23.1 Å². The van der Waals surface area contributed by atoms with Crippen LogP contribution in [0.4, 0.5) is 0 Å². The summed E-state index contributed by atoms with van der Waals surface area (Å²) >= 11 is 11.9. The molecule has 1 fully saturated rings. The maximum Gasteiger partial charge on any atom is 0.222 e. The van der Waals surface area contributed by atoms with Crippen LogP contribution in [0.1, 0.15) is 24.8 Å². The highest BCUT2D eigenvalue weighted by Gasteiger charge is 2.14. The molecule has 1 aromatic rings. The van der Waals surface area contributed by atoms with Crippen LogP contribution < -0.4 is 5.32 Å². The van der Waals surface area contributed by atoms with Crippen molar-refractivity contribution in [3.05, 3.63) is 33.8 Å². The van der Waals surface area contributed by atoms with Crippen molar-refractivity contribution in [2.75, 3.05) is 26.2 Å². The fourth-order valence-electron chi connectivity index (χ4n) is 2.39. The number of aryl methyl sites for hydroxylation is 1. The number of benzene rings is 1. The number of amides is 1. The first-order valence-electron chi connectivity index (χ1n) is 7.09. The summed E-state index contributed by atoms with van der Waals surface area (Å²) in [6.07, 6.45) is 3.34. The van der Waals surface area contributed by atoms with E-state index in [1.54, 1.807) is 0 Å². The van der Waals surface area contributed by atoms with Crippen molar-refractivity contribution in [1.29, 1.82) is 0 Å². The Morgan fingerprint density at radius 2 is 2.00 bits per heavy atom. The van der Waals surface area contributed by atoms with Crippen LogP contribution in [0.3, 0.4) is 0 Å². The standard InChI is InChI=1S/C15H20Cl2N2O.ClH/c16-13-6-5-12(11-14(13)17)3-1-4-15(20)19-9-2-7-18-8-10-19;/h5-6,11,18H,1-4,7-10H2;1H. The molecule has 118 valence electrons. The third kappa shape index (κ3) is 6.03. The van der Waals surface area contributed by atoms with Crippen LogP contribution in [0.2, 0.25) is 10.0 Å².